The molecule has 0 spiro atoms. The number of benzene rings is 1. The van der Waals surface area contributed by atoms with Crippen LogP contribution in [0.4, 0.5) is 0 Å². The van der Waals surface area contributed by atoms with Crippen LogP contribution in [0, 0.1) is 0 Å². The lowest BCUT2D eigenvalue weighted by molar-refractivity contribution is -0.121. The van der Waals surface area contributed by atoms with Crippen molar-refractivity contribution in [2.75, 3.05) is 0 Å². The average Bonchev–Trinajstić information content (AvgIpc) is 3.20. The van der Waals surface area contributed by atoms with Crippen molar-refractivity contribution in [3.05, 3.63) is 56.0 Å². The molecule has 1 unspecified atom stereocenters. The van der Waals surface area contributed by atoms with Crippen LogP contribution in [0.2, 0.25) is 5.02 Å². The number of nitrogens with zero attached hydrogens (tertiary/aromatic N) is 5. The van der Waals surface area contributed by atoms with E-state index in [1.807, 2.05) is 13.8 Å². The molecule has 0 saturated carbocycles. The highest BCUT2D eigenvalue weighted by molar-refractivity contribution is 6.30. The molecule has 30 heavy (non-hydrogen) atoms. The maximum atomic E-state index is 12.5. The summed E-state index contributed by atoms with van der Waals surface area (Å²) in [6.45, 7) is 3.89. The van der Waals surface area contributed by atoms with E-state index >= 15 is 0 Å². The number of carbonyl (C=O) groups excluding carboxylic acids is 1. The quantitative estimate of drug-likeness (QED) is 0.599. The van der Waals surface area contributed by atoms with Crippen molar-refractivity contribution in [3.63, 3.8) is 0 Å². The molecule has 1 amide bonds. The highest BCUT2D eigenvalue weighted by Crippen LogP contribution is 2.13. The van der Waals surface area contributed by atoms with E-state index in [0.29, 0.717) is 10.7 Å². The van der Waals surface area contributed by atoms with Crippen molar-refractivity contribution in [3.8, 4) is 17.2 Å². The number of rotatable bonds is 7. The number of halogens is 1. The fraction of sp³-hybridized carbons (Fsp3) is 0.368. The van der Waals surface area contributed by atoms with E-state index in [9.17, 15) is 14.4 Å². The highest BCUT2D eigenvalue weighted by atomic mass is 35.5. The molecule has 3 aromatic rings. The van der Waals surface area contributed by atoms with E-state index in [2.05, 4.69) is 20.6 Å². The predicted molar refractivity (Wildman–Crippen MR) is 110 cm³/mol. The first kappa shape index (κ1) is 21.4. The van der Waals surface area contributed by atoms with Crippen molar-refractivity contribution in [2.24, 2.45) is 7.05 Å². The van der Waals surface area contributed by atoms with Gasteiger partial charge in [-0.1, -0.05) is 23.7 Å². The zero-order valence-corrected chi connectivity index (χ0v) is 17.5. The molecule has 2 heterocycles. The normalized spacial score (nSPS) is 12.0. The first-order valence-electron chi connectivity index (χ1n) is 9.38. The Balaban J connectivity index is 1.88. The Bertz CT molecular complexity index is 1170. The first-order valence-corrected chi connectivity index (χ1v) is 9.76. The Labute approximate surface area is 176 Å². The molecule has 1 aromatic carbocycles. The molecule has 0 fully saturated rings. The van der Waals surface area contributed by atoms with Crippen molar-refractivity contribution < 1.29 is 9.32 Å². The molecular formula is C19H21ClN6O4. The van der Waals surface area contributed by atoms with E-state index in [1.54, 1.807) is 24.3 Å². The molecule has 0 saturated heterocycles. The molecule has 1 atom stereocenters. The van der Waals surface area contributed by atoms with Gasteiger partial charge in [-0.15, -0.1) is 0 Å². The van der Waals surface area contributed by atoms with Gasteiger partial charge >= 0.3 is 5.69 Å². The summed E-state index contributed by atoms with van der Waals surface area (Å²) in [5, 5.41) is 11.3. The van der Waals surface area contributed by atoms with E-state index < -0.39 is 11.2 Å². The lowest BCUT2D eigenvalue weighted by Gasteiger charge is -2.10. The topological polar surface area (TPSA) is 125 Å². The second-order valence-corrected chi connectivity index (χ2v) is 7.21. The molecule has 0 aliphatic heterocycles. The van der Waals surface area contributed by atoms with Crippen LogP contribution in [0.5, 0.6) is 0 Å². The minimum atomic E-state index is -0.660. The number of hydrogen-bond donors (Lipinski definition) is 1. The molecular weight excluding hydrogens is 412 g/mol. The maximum Gasteiger partial charge on any atom is 0.351 e. The maximum absolute atomic E-state index is 12.5. The summed E-state index contributed by atoms with van der Waals surface area (Å²) in [5.41, 5.74) is -1.01. The lowest BCUT2D eigenvalue weighted by Crippen LogP contribution is -2.40. The van der Waals surface area contributed by atoms with Gasteiger partial charge in [0.05, 0.1) is 5.69 Å². The third kappa shape index (κ3) is 4.65. The molecule has 10 nitrogen and oxygen atoms in total. The van der Waals surface area contributed by atoms with E-state index in [1.165, 1.54) is 7.05 Å². The molecule has 0 aliphatic rings. The third-order valence-electron chi connectivity index (χ3n) is 4.51. The average molecular weight is 433 g/mol. The largest absolute Gasteiger partial charge is 0.354 e. The Morgan fingerprint density at radius 2 is 1.97 bits per heavy atom. The zero-order chi connectivity index (χ0) is 21.8. The van der Waals surface area contributed by atoms with Gasteiger partial charge in [0.2, 0.25) is 17.6 Å². The first-order chi connectivity index (χ1) is 14.3. The van der Waals surface area contributed by atoms with Crippen molar-refractivity contribution >= 4 is 17.5 Å². The van der Waals surface area contributed by atoms with Gasteiger partial charge in [0.1, 0.15) is 0 Å². The SMILES string of the molecule is CCC(C)NC(=O)CCc1nc(-c2nn(-c3ccc(Cl)cc3)c(=O)n(C)c2=O)no1. The van der Waals surface area contributed by atoms with Crippen LogP contribution in [0.3, 0.4) is 0 Å². The van der Waals surface area contributed by atoms with Crippen LogP contribution in [-0.2, 0) is 18.3 Å². The minimum Gasteiger partial charge on any atom is -0.354 e. The number of amides is 1. The van der Waals surface area contributed by atoms with Crippen LogP contribution < -0.4 is 16.6 Å². The number of hydrogen-bond acceptors (Lipinski definition) is 7. The summed E-state index contributed by atoms with van der Waals surface area (Å²) in [5.74, 6) is 0.00229. The Kier molecular flexibility index (Phi) is 6.46. The van der Waals surface area contributed by atoms with Crippen LogP contribution >= 0.6 is 11.6 Å². The molecule has 1 N–H and O–H groups in total. The Hall–Kier alpha value is -3.27. The van der Waals surface area contributed by atoms with Crippen molar-refractivity contribution in [2.45, 2.75) is 39.2 Å². The molecule has 11 heteroatoms. The molecule has 0 radical (unpaired) electrons. The molecule has 0 bridgehead atoms. The van der Waals surface area contributed by atoms with E-state index in [0.717, 1.165) is 15.7 Å². The number of carbonyl (C=O) groups is 1. The lowest BCUT2D eigenvalue weighted by atomic mass is 10.2. The van der Waals surface area contributed by atoms with Crippen LogP contribution in [0.25, 0.3) is 17.2 Å². The monoisotopic (exact) mass is 432 g/mol. The minimum absolute atomic E-state index is 0.0596. The number of nitrogens with one attached hydrogen (secondary N) is 1. The summed E-state index contributed by atoms with van der Waals surface area (Å²) in [6.07, 6.45) is 1.21. The van der Waals surface area contributed by atoms with Gasteiger partial charge in [-0.05, 0) is 37.6 Å². The van der Waals surface area contributed by atoms with Gasteiger partial charge in [0, 0.05) is 31.0 Å². The van der Waals surface area contributed by atoms with Gasteiger partial charge in [0.25, 0.3) is 5.56 Å². The fourth-order valence-corrected chi connectivity index (χ4v) is 2.71. The van der Waals surface area contributed by atoms with Crippen LogP contribution in [0.15, 0.2) is 38.4 Å². The van der Waals surface area contributed by atoms with Gasteiger partial charge in [0.15, 0.2) is 5.69 Å². The van der Waals surface area contributed by atoms with Gasteiger partial charge in [-0.2, -0.15) is 14.8 Å². The number of aromatic nitrogens is 5. The van der Waals surface area contributed by atoms with Crippen molar-refractivity contribution in [1.82, 2.24) is 29.8 Å². The Morgan fingerprint density at radius 1 is 1.27 bits per heavy atom. The molecule has 2 aromatic heterocycles. The zero-order valence-electron chi connectivity index (χ0n) is 16.8. The summed E-state index contributed by atoms with van der Waals surface area (Å²) < 4.78 is 7.12. The van der Waals surface area contributed by atoms with E-state index in [-0.39, 0.29) is 42.2 Å². The van der Waals surface area contributed by atoms with Crippen molar-refractivity contribution in [1.29, 1.82) is 0 Å². The molecule has 158 valence electrons. The smallest absolute Gasteiger partial charge is 0.351 e. The van der Waals surface area contributed by atoms with Gasteiger partial charge < -0.3 is 9.84 Å². The highest BCUT2D eigenvalue weighted by Gasteiger charge is 2.19. The summed E-state index contributed by atoms with van der Waals surface area (Å²) in [7, 11) is 1.34. The third-order valence-corrected chi connectivity index (χ3v) is 4.76. The molecule has 0 aliphatic carbocycles. The second-order valence-electron chi connectivity index (χ2n) is 6.77. The summed E-state index contributed by atoms with van der Waals surface area (Å²) >= 11 is 5.89. The standard InChI is InChI=1S/C19H21ClN6O4/c1-4-11(2)21-14(27)9-10-15-22-17(24-30-15)16-18(28)25(3)19(29)26(23-16)13-7-5-12(20)6-8-13/h5-8,11H,4,9-10H2,1-3H3,(H,21,27). The fourth-order valence-electron chi connectivity index (χ4n) is 2.59. The second kappa shape index (κ2) is 9.04. The summed E-state index contributed by atoms with van der Waals surface area (Å²) in [4.78, 5) is 41.1. The van der Waals surface area contributed by atoms with Crippen LogP contribution in [0.1, 0.15) is 32.6 Å². The Morgan fingerprint density at radius 3 is 2.63 bits per heavy atom. The van der Waals surface area contributed by atoms with E-state index in [4.69, 9.17) is 16.1 Å². The summed E-state index contributed by atoms with van der Waals surface area (Å²) in [6, 6.07) is 6.49. The van der Waals surface area contributed by atoms with Gasteiger partial charge in [-0.25, -0.2) is 4.79 Å². The molecule has 3 rings (SSSR count). The van der Waals surface area contributed by atoms with Gasteiger partial charge in [-0.3, -0.25) is 14.2 Å². The number of aryl methyl sites for hydroxylation is 1. The predicted octanol–water partition coefficient (Wildman–Crippen LogP) is 1.48. The van der Waals surface area contributed by atoms with Crippen LogP contribution in [-0.4, -0.2) is 36.4 Å².